The minimum Gasteiger partial charge on any atom is -0.378 e. The molecule has 0 saturated heterocycles. The van der Waals surface area contributed by atoms with Gasteiger partial charge in [-0.05, 0) is 36.1 Å². The first-order chi connectivity index (χ1) is 11.0. The van der Waals surface area contributed by atoms with Crippen LogP contribution < -0.4 is 4.72 Å². The number of sulfonamides is 1. The van der Waals surface area contributed by atoms with Crippen LogP contribution in [-0.4, -0.2) is 25.5 Å². The maximum absolute atomic E-state index is 12.5. The van der Waals surface area contributed by atoms with Gasteiger partial charge in [0.15, 0.2) is 0 Å². The number of benzene rings is 1. The number of nitrogens with one attached hydrogen (secondary N) is 1. The summed E-state index contributed by atoms with van der Waals surface area (Å²) in [7, 11) is -2.13. The SMILES string of the molecule is CCc1ccc(S(=O)(=O)Nc2cc(COC)ncn2)cc1CC. The van der Waals surface area contributed by atoms with E-state index in [1.807, 2.05) is 13.0 Å². The lowest BCUT2D eigenvalue weighted by molar-refractivity contribution is 0.181. The number of methoxy groups -OCH3 is 1. The van der Waals surface area contributed by atoms with E-state index in [-0.39, 0.29) is 10.7 Å². The van der Waals surface area contributed by atoms with Gasteiger partial charge >= 0.3 is 0 Å². The van der Waals surface area contributed by atoms with Gasteiger partial charge < -0.3 is 4.74 Å². The third kappa shape index (κ3) is 4.27. The van der Waals surface area contributed by atoms with Crippen LogP contribution in [0.25, 0.3) is 0 Å². The topological polar surface area (TPSA) is 81.2 Å². The Hall–Kier alpha value is -1.99. The Balaban J connectivity index is 2.30. The Labute approximate surface area is 137 Å². The van der Waals surface area contributed by atoms with Crippen molar-refractivity contribution in [3.8, 4) is 0 Å². The van der Waals surface area contributed by atoms with E-state index in [2.05, 4.69) is 21.6 Å². The lowest BCUT2D eigenvalue weighted by Crippen LogP contribution is -2.15. The summed E-state index contributed by atoms with van der Waals surface area (Å²) >= 11 is 0. The minimum absolute atomic E-state index is 0.227. The molecular weight excluding hydrogens is 314 g/mol. The van der Waals surface area contributed by atoms with Crippen LogP contribution >= 0.6 is 0 Å². The number of nitrogens with zero attached hydrogens (tertiary/aromatic N) is 2. The number of rotatable bonds is 7. The molecule has 0 unspecified atom stereocenters. The molecule has 0 saturated carbocycles. The number of ether oxygens (including phenoxy) is 1. The van der Waals surface area contributed by atoms with Crippen LogP contribution in [0.15, 0.2) is 35.5 Å². The molecule has 0 amide bonds. The van der Waals surface area contributed by atoms with Gasteiger partial charge in [-0.1, -0.05) is 19.9 Å². The fourth-order valence-corrected chi connectivity index (χ4v) is 3.37. The highest BCUT2D eigenvalue weighted by Crippen LogP contribution is 2.20. The molecule has 1 N–H and O–H groups in total. The van der Waals surface area contributed by atoms with Crippen molar-refractivity contribution in [2.24, 2.45) is 0 Å². The van der Waals surface area contributed by atoms with E-state index in [9.17, 15) is 8.42 Å². The van der Waals surface area contributed by atoms with Crippen LogP contribution in [0.2, 0.25) is 0 Å². The highest BCUT2D eigenvalue weighted by atomic mass is 32.2. The summed E-state index contributed by atoms with van der Waals surface area (Å²) < 4.78 is 32.5. The molecule has 7 heteroatoms. The Morgan fingerprint density at radius 3 is 2.48 bits per heavy atom. The molecule has 0 aliphatic carbocycles. The minimum atomic E-state index is -3.68. The maximum Gasteiger partial charge on any atom is 0.263 e. The zero-order valence-electron chi connectivity index (χ0n) is 13.5. The van der Waals surface area contributed by atoms with Gasteiger partial charge in [0.1, 0.15) is 12.1 Å². The monoisotopic (exact) mass is 335 g/mol. The molecule has 23 heavy (non-hydrogen) atoms. The summed E-state index contributed by atoms with van der Waals surface area (Å²) in [6.07, 6.45) is 2.98. The van der Waals surface area contributed by atoms with E-state index in [4.69, 9.17) is 4.74 Å². The van der Waals surface area contributed by atoms with Crippen LogP contribution in [0.3, 0.4) is 0 Å². The molecule has 1 aromatic heterocycles. The van der Waals surface area contributed by atoms with E-state index in [0.29, 0.717) is 12.3 Å². The Morgan fingerprint density at radius 2 is 1.83 bits per heavy atom. The summed E-state index contributed by atoms with van der Waals surface area (Å²) in [5, 5.41) is 0. The molecule has 0 bridgehead atoms. The number of hydrogen-bond acceptors (Lipinski definition) is 5. The second kappa shape index (κ2) is 7.52. The second-order valence-corrected chi connectivity index (χ2v) is 6.75. The molecule has 2 rings (SSSR count). The summed E-state index contributed by atoms with van der Waals surface area (Å²) in [5.41, 5.74) is 2.81. The van der Waals surface area contributed by atoms with E-state index < -0.39 is 10.0 Å². The number of anilines is 1. The fraction of sp³-hybridized carbons (Fsp3) is 0.375. The van der Waals surface area contributed by atoms with Crippen molar-refractivity contribution in [3.63, 3.8) is 0 Å². The molecule has 1 heterocycles. The van der Waals surface area contributed by atoms with Gasteiger partial charge in [0, 0.05) is 13.2 Å². The molecule has 0 spiro atoms. The molecular formula is C16H21N3O3S. The van der Waals surface area contributed by atoms with Gasteiger partial charge in [0.2, 0.25) is 0 Å². The largest absolute Gasteiger partial charge is 0.378 e. The van der Waals surface area contributed by atoms with E-state index in [0.717, 1.165) is 24.0 Å². The predicted octanol–water partition coefficient (Wildman–Crippen LogP) is 2.55. The van der Waals surface area contributed by atoms with Crippen molar-refractivity contribution >= 4 is 15.8 Å². The first-order valence-electron chi connectivity index (χ1n) is 7.44. The average molecular weight is 335 g/mol. The van der Waals surface area contributed by atoms with Crippen molar-refractivity contribution in [1.29, 1.82) is 0 Å². The van der Waals surface area contributed by atoms with Gasteiger partial charge in [-0.2, -0.15) is 0 Å². The first kappa shape index (κ1) is 17.4. The van der Waals surface area contributed by atoms with Gasteiger partial charge in [-0.25, -0.2) is 18.4 Å². The zero-order valence-corrected chi connectivity index (χ0v) is 14.4. The third-order valence-electron chi connectivity index (χ3n) is 3.50. The molecule has 0 aliphatic rings. The van der Waals surface area contributed by atoms with Gasteiger partial charge in [0.25, 0.3) is 10.0 Å². The molecule has 0 atom stereocenters. The number of aromatic nitrogens is 2. The van der Waals surface area contributed by atoms with Crippen LogP contribution in [0.1, 0.15) is 30.7 Å². The summed E-state index contributed by atoms with van der Waals surface area (Å²) in [6.45, 7) is 4.36. The van der Waals surface area contributed by atoms with Crippen LogP contribution in [0.4, 0.5) is 5.82 Å². The van der Waals surface area contributed by atoms with Crippen molar-refractivity contribution in [3.05, 3.63) is 47.4 Å². The highest BCUT2D eigenvalue weighted by Gasteiger charge is 2.16. The van der Waals surface area contributed by atoms with E-state index in [1.54, 1.807) is 25.3 Å². The second-order valence-electron chi connectivity index (χ2n) is 5.07. The van der Waals surface area contributed by atoms with E-state index in [1.165, 1.54) is 6.33 Å². The van der Waals surface area contributed by atoms with Crippen LogP contribution in [0, 0.1) is 0 Å². The molecule has 124 valence electrons. The van der Waals surface area contributed by atoms with Crippen molar-refractivity contribution in [2.75, 3.05) is 11.8 Å². The lowest BCUT2D eigenvalue weighted by Gasteiger charge is -2.11. The number of aryl methyl sites for hydroxylation is 2. The average Bonchev–Trinajstić information content (AvgIpc) is 2.54. The molecule has 2 aromatic rings. The Bertz CT molecular complexity index is 776. The van der Waals surface area contributed by atoms with Crippen molar-refractivity contribution < 1.29 is 13.2 Å². The standard InChI is InChI=1S/C16H21N3O3S/c1-4-12-6-7-15(8-13(12)5-2)23(20,21)19-16-9-14(10-22-3)17-11-18-16/h6-9,11H,4-5,10H2,1-3H3,(H,17,18,19). The molecule has 0 aliphatic heterocycles. The van der Waals surface area contributed by atoms with Crippen molar-refractivity contribution in [2.45, 2.75) is 38.2 Å². The predicted molar refractivity (Wildman–Crippen MR) is 88.8 cm³/mol. The van der Waals surface area contributed by atoms with Crippen LogP contribution in [0.5, 0.6) is 0 Å². The third-order valence-corrected chi connectivity index (χ3v) is 4.86. The normalized spacial score (nSPS) is 11.4. The first-order valence-corrected chi connectivity index (χ1v) is 8.93. The van der Waals surface area contributed by atoms with Crippen LogP contribution in [-0.2, 0) is 34.2 Å². The molecule has 0 radical (unpaired) electrons. The fourth-order valence-electron chi connectivity index (χ4n) is 2.32. The van der Waals surface area contributed by atoms with Gasteiger partial charge in [-0.15, -0.1) is 0 Å². The Morgan fingerprint density at radius 1 is 1.09 bits per heavy atom. The zero-order chi connectivity index (χ0) is 16.9. The number of hydrogen-bond donors (Lipinski definition) is 1. The maximum atomic E-state index is 12.5. The van der Waals surface area contributed by atoms with Crippen molar-refractivity contribution in [1.82, 2.24) is 9.97 Å². The highest BCUT2D eigenvalue weighted by molar-refractivity contribution is 7.92. The quantitative estimate of drug-likeness (QED) is 0.841. The van der Waals surface area contributed by atoms with Gasteiger partial charge in [-0.3, -0.25) is 4.72 Å². The molecule has 6 nitrogen and oxygen atoms in total. The molecule has 0 fully saturated rings. The van der Waals surface area contributed by atoms with E-state index >= 15 is 0 Å². The summed E-state index contributed by atoms with van der Waals surface area (Å²) in [6, 6.07) is 6.77. The lowest BCUT2D eigenvalue weighted by atomic mass is 10.0. The molecule has 1 aromatic carbocycles. The summed E-state index contributed by atoms with van der Waals surface area (Å²) in [5.74, 6) is 0.227. The van der Waals surface area contributed by atoms with Gasteiger partial charge in [0.05, 0.1) is 17.2 Å². The smallest absolute Gasteiger partial charge is 0.263 e. The Kier molecular flexibility index (Phi) is 5.68. The summed E-state index contributed by atoms with van der Waals surface area (Å²) in [4.78, 5) is 8.20.